The molecule has 0 saturated heterocycles. The largest absolute Gasteiger partial charge is 0.309 e. The molecule has 0 aliphatic carbocycles. The van der Waals surface area contributed by atoms with Gasteiger partial charge in [0.1, 0.15) is 0 Å². The molecule has 0 fully saturated rings. The van der Waals surface area contributed by atoms with Crippen molar-refractivity contribution in [2.45, 2.75) is 29.4 Å². The van der Waals surface area contributed by atoms with Crippen LogP contribution in [0.15, 0.2) is 345 Å². The number of sulfone groups is 1. The first-order chi connectivity index (χ1) is 46.9. The lowest BCUT2D eigenvalue weighted by molar-refractivity contribution is 0.596. The zero-order chi connectivity index (χ0) is 62.6. The number of rotatable bonds is 8. The van der Waals surface area contributed by atoms with E-state index in [0.29, 0.717) is 0 Å². The molecule has 4 aromatic heterocycles. The monoisotopic (exact) mass is 1270 g/mol. The van der Waals surface area contributed by atoms with E-state index in [-0.39, 0.29) is 9.79 Å². The van der Waals surface area contributed by atoms with E-state index < -0.39 is 9.84 Å². The minimum absolute atomic E-state index is 0.212. The van der Waals surface area contributed by atoms with E-state index in [1.165, 1.54) is 43.1 Å². The molecule has 0 N–H and O–H groups in total. The van der Waals surface area contributed by atoms with Crippen LogP contribution in [0.4, 0.5) is 34.1 Å². The maximum absolute atomic E-state index is 15.1. The van der Waals surface area contributed by atoms with E-state index in [1.807, 2.05) is 24.3 Å². The fourth-order valence-corrected chi connectivity index (χ4v) is 18.7. The van der Waals surface area contributed by atoms with E-state index in [2.05, 4.69) is 295 Å². The van der Waals surface area contributed by atoms with Crippen molar-refractivity contribution >= 4 is 155 Å². The summed E-state index contributed by atoms with van der Waals surface area (Å²) in [6.07, 6.45) is 0. The second-order valence-electron chi connectivity index (χ2n) is 24.5. The molecule has 0 unspecified atom stereocenters. The number of hydrogen-bond acceptors (Lipinski definition) is 6. The third kappa shape index (κ3) is 8.13. The smallest absolute Gasteiger partial charge is 0.206 e. The first-order valence-electron chi connectivity index (χ1n) is 31.8. The Morgan fingerprint density at radius 2 is 0.400 bits per heavy atom. The molecule has 0 radical (unpaired) electrons. The van der Waals surface area contributed by atoms with Crippen molar-refractivity contribution in [3.63, 3.8) is 0 Å². The van der Waals surface area contributed by atoms with Gasteiger partial charge < -0.3 is 28.1 Å². The molecular formula is C84H52N6O2S3. The van der Waals surface area contributed by atoms with E-state index in [0.717, 1.165) is 121 Å². The Kier molecular flexibility index (Phi) is 11.8. The molecular weight excluding hydrogens is 1220 g/mol. The molecule has 95 heavy (non-hydrogen) atoms. The van der Waals surface area contributed by atoms with Crippen molar-refractivity contribution in [3.8, 4) is 22.7 Å². The standard InChI is InChI=1S/C84H52N6O2S3/c91-95(92,59-41-33-53(34-42-59)85-77-45-37-55(87-69-25-9-1-17-61(69)62-18-2-10-26-70(62)87)49-81(77)93-82-50-56(38-46-78(82)85)88-71-27-11-3-19-63(71)64-20-4-12-28-72(64)88)60-43-35-54(36-44-60)86-79-47-39-57(89-73-29-13-5-21-65(73)66-22-6-14-30-74(66)89)51-83(79)94-84-52-58(40-48-80(84)86)90-75-31-15-7-23-67(75)68-24-8-16-32-76(68)90/h1-52H. The third-order valence-corrected chi connectivity index (χ3v) is 23.3. The van der Waals surface area contributed by atoms with E-state index >= 15 is 8.42 Å². The fraction of sp³-hybridized carbons (Fsp3) is 0. The van der Waals surface area contributed by atoms with Crippen LogP contribution in [-0.2, 0) is 9.84 Å². The molecule has 8 nitrogen and oxygen atoms in total. The Balaban J connectivity index is 0.681. The van der Waals surface area contributed by atoms with Crippen molar-refractivity contribution in [1.29, 1.82) is 0 Å². The lowest BCUT2D eigenvalue weighted by Gasteiger charge is -2.34. The van der Waals surface area contributed by atoms with Crippen LogP contribution in [0.2, 0.25) is 0 Å². The summed E-state index contributed by atoms with van der Waals surface area (Å²) in [6, 6.07) is 111. The third-order valence-electron chi connectivity index (χ3n) is 19.3. The Morgan fingerprint density at radius 3 is 0.611 bits per heavy atom. The van der Waals surface area contributed by atoms with Crippen LogP contribution < -0.4 is 9.80 Å². The lowest BCUT2D eigenvalue weighted by Crippen LogP contribution is -2.16. The second kappa shape index (κ2) is 20.8. The minimum atomic E-state index is -4.00. The van der Waals surface area contributed by atoms with Crippen LogP contribution in [0.25, 0.3) is 110 Å². The zero-order valence-electron chi connectivity index (χ0n) is 50.7. The maximum atomic E-state index is 15.1. The Bertz CT molecular complexity index is 5480. The topological polar surface area (TPSA) is 60.3 Å². The summed E-state index contributed by atoms with van der Waals surface area (Å²) in [5.74, 6) is 0. The van der Waals surface area contributed by atoms with Crippen LogP contribution >= 0.6 is 23.5 Å². The summed E-state index contributed by atoms with van der Waals surface area (Å²) in [6.45, 7) is 0. The molecule has 0 spiro atoms. The highest BCUT2D eigenvalue weighted by Crippen LogP contribution is 2.56. The molecule has 0 amide bonds. The summed E-state index contributed by atoms with van der Waals surface area (Å²) < 4.78 is 39.7. The van der Waals surface area contributed by atoms with Gasteiger partial charge in [0.15, 0.2) is 0 Å². The minimum Gasteiger partial charge on any atom is -0.309 e. The quantitative estimate of drug-likeness (QED) is 0.151. The summed E-state index contributed by atoms with van der Waals surface area (Å²) in [5.41, 5.74) is 19.1. The average molecular weight is 1270 g/mol. The molecule has 20 rings (SSSR count). The first-order valence-corrected chi connectivity index (χ1v) is 34.9. The normalized spacial score (nSPS) is 13.0. The van der Waals surface area contributed by atoms with Gasteiger partial charge in [-0.1, -0.05) is 169 Å². The highest BCUT2D eigenvalue weighted by atomic mass is 32.2. The van der Waals surface area contributed by atoms with Crippen LogP contribution in [-0.4, -0.2) is 26.7 Å². The molecule has 2 aliphatic rings. The molecule has 2 aliphatic heterocycles. The number of para-hydroxylation sites is 8. The number of nitrogens with zero attached hydrogens (tertiary/aromatic N) is 6. The Hall–Kier alpha value is -11.5. The second-order valence-corrected chi connectivity index (χ2v) is 28.6. The molecule has 0 saturated carbocycles. The van der Waals surface area contributed by atoms with Gasteiger partial charge in [0.25, 0.3) is 0 Å². The van der Waals surface area contributed by atoms with Crippen molar-refractivity contribution in [2.24, 2.45) is 0 Å². The number of fused-ring (bicyclic) bond motifs is 16. The molecule has 0 bridgehead atoms. The molecule has 0 atom stereocenters. The van der Waals surface area contributed by atoms with E-state index in [4.69, 9.17) is 0 Å². The Labute approximate surface area is 554 Å². The van der Waals surface area contributed by atoms with Gasteiger partial charge in [-0.2, -0.15) is 0 Å². The molecule has 6 heterocycles. The summed E-state index contributed by atoms with van der Waals surface area (Å²) >= 11 is 3.53. The summed E-state index contributed by atoms with van der Waals surface area (Å²) in [5, 5.41) is 9.64. The number of aromatic nitrogens is 4. The highest BCUT2D eigenvalue weighted by molar-refractivity contribution is 8.00. The summed E-state index contributed by atoms with van der Waals surface area (Å²) in [7, 11) is -4.00. The molecule has 14 aromatic carbocycles. The predicted molar refractivity (Wildman–Crippen MR) is 393 cm³/mol. The predicted octanol–water partition coefficient (Wildman–Crippen LogP) is 22.8. The van der Waals surface area contributed by atoms with Gasteiger partial charge in [-0.15, -0.1) is 0 Å². The lowest BCUT2D eigenvalue weighted by atomic mass is 10.1. The molecule has 448 valence electrons. The maximum Gasteiger partial charge on any atom is 0.206 e. The van der Waals surface area contributed by atoms with Crippen LogP contribution in [0.5, 0.6) is 0 Å². The van der Waals surface area contributed by atoms with Gasteiger partial charge >= 0.3 is 0 Å². The van der Waals surface area contributed by atoms with E-state index in [9.17, 15) is 0 Å². The van der Waals surface area contributed by atoms with Crippen LogP contribution in [0.3, 0.4) is 0 Å². The van der Waals surface area contributed by atoms with Gasteiger partial charge in [0.05, 0.1) is 76.7 Å². The van der Waals surface area contributed by atoms with Gasteiger partial charge in [-0.3, -0.25) is 0 Å². The average Bonchev–Trinajstić information content (AvgIpc) is 1.52. The summed E-state index contributed by atoms with van der Waals surface area (Å²) in [4.78, 5) is 9.31. The first kappa shape index (κ1) is 54.1. The highest BCUT2D eigenvalue weighted by Gasteiger charge is 2.31. The van der Waals surface area contributed by atoms with Crippen LogP contribution in [0, 0.1) is 0 Å². The van der Waals surface area contributed by atoms with Crippen LogP contribution in [0.1, 0.15) is 0 Å². The van der Waals surface area contributed by atoms with Crippen molar-refractivity contribution in [2.75, 3.05) is 9.80 Å². The number of benzene rings is 14. The van der Waals surface area contributed by atoms with Gasteiger partial charge in [0, 0.05) is 96.8 Å². The fourth-order valence-electron chi connectivity index (χ4n) is 15.2. The molecule has 11 heteroatoms. The SMILES string of the molecule is O=S(=O)(c1ccc(N2c3ccc(-n4c5ccccc5c5ccccc54)cc3Sc3cc(-n4c5ccccc5c5ccccc54)ccc32)cc1)c1ccc(N2c3ccc(-n4c5ccccc5c5ccccc54)cc3Sc3cc(-n4c5ccccc5c5ccccc54)ccc32)cc1. The Morgan fingerprint density at radius 1 is 0.211 bits per heavy atom. The molecule has 18 aromatic rings. The van der Waals surface area contributed by atoms with Crippen molar-refractivity contribution in [1.82, 2.24) is 18.3 Å². The number of anilines is 6. The zero-order valence-corrected chi connectivity index (χ0v) is 53.2. The number of hydrogen-bond donors (Lipinski definition) is 0. The van der Waals surface area contributed by atoms with Gasteiger partial charge in [0.2, 0.25) is 9.84 Å². The van der Waals surface area contributed by atoms with Crippen molar-refractivity contribution in [3.05, 3.63) is 315 Å². The van der Waals surface area contributed by atoms with Crippen molar-refractivity contribution < 1.29 is 8.42 Å². The van der Waals surface area contributed by atoms with Gasteiger partial charge in [-0.25, -0.2) is 8.42 Å². The van der Waals surface area contributed by atoms with E-state index in [1.54, 1.807) is 47.8 Å². The van der Waals surface area contributed by atoms with Gasteiger partial charge in [-0.05, 0) is 170 Å².